The molecule has 70 valence electrons. The molecule has 2 N–H and O–H groups in total. The molecule has 0 aliphatic carbocycles. The fourth-order valence-corrected chi connectivity index (χ4v) is 2.40. The van der Waals surface area contributed by atoms with Gasteiger partial charge in [0.05, 0.1) is 6.26 Å². The highest BCUT2D eigenvalue weighted by molar-refractivity contribution is 7.99. The van der Waals surface area contributed by atoms with Crippen molar-refractivity contribution in [2.75, 3.05) is 5.75 Å². The third-order valence-electron chi connectivity index (χ3n) is 1.88. The van der Waals surface area contributed by atoms with Gasteiger partial charge >= 0.3 is 5.97 Å². The number of aliphatic carboxylic acids is 1. The van der Waals surface area contributed by atoms with E-state index < -0.39 is 12.0 Å². The van der Waals surface area contributed by atoms with Crippen LogP contribution in [0.25, 0.3) is 0 Å². The van der Waals surface area contributed by atoms with Gasteiger partial charge in [0.25, 0.3) is 0 Å². The first-order valence-corrected chi connectivity index (χ1v) is 4.96. The molecule has 1 aliphatic rings. The molecular formula is C8H9NO3S. The maximum atomic E-state index is 10.6. The normalized spacial score (nSPS) is 27.7. The molecule has 5 heteroatoms. The van der Waals surface area contributed by atoms with Crippen LogP contribution >= 0.6 is 11.8 Å². The van der Waals surface area contributed by atoms with Crippen LogP contribution in [0.1, 0.15) is 11.1 Å². The van der Waals surface area contributed by atoms with Crippen molar-refractivity contribution in [3.63, 3.8) is 0 Å². The molecule has 0 radical (unpaired) electrons. The molecule has 2 atom stereocenters. The first kappa shape index (κ1) is 8.65. The summed E-state index contributed by atoms with van der Waals surface area (Å²) in [5, 5.41) is 11.7. The van der Waals surface area contributed by atoms with E-state index in [-0.39, 0.29) is 5.37 Å². The van der Waals surface area contributed by atoms with Gasteiger partial charge in [-0.25, -0.2) is 0 Å². The number of furan rings is 1. The lowest BCUT2D eigenvalue weighted by Gasteiger charge is -2.06. The van der Waals surface area contributed by atoms with Gasteiger partial charge in [0.1, 0.15) is 17.2 Å². The molecule has 0 bridgehead atoms. The van der Waals surface area contributed by atoms with Crippen LogP contribution in [0.4, 0.5) is 0 Å². The van der Waals surface area contributed by atoms with Crippen molar-refractivity contribution in [1.29, 1.82) is 0 Å². The monoisotopic (exact) mass is 199 g/mol. The zero-order chi connectivity index (χ0) is 9.26. The smallest absolute Gasteiger partial charge is 0.321 e. The number of nitrogens with one attached hydrogen (secondary N) is 1. The third-order valence-corrected chi connectivity index (χ3v) is 3.11. The lowest BCUT2D eigenvalue weighted by Crippen LogP contribution is -2.33. The van der Waals surface area contributed by atoms with Gasteiger partial charge in [-0.2, -0.15) is 0 Å². The van der Waals surface area contributed by atoms with E-state index in [9.17, 15) is 4.79 Å². The molecule has 1 saturated heterocycles. The zero-order valence-electron chi connectivity index (χ0n) is 6.77. The van der Waals surface area contributed by atoms with Gasteiger partial charge in [0.2, 0.25) is 0 Å². The van der Waals surface area contributed by atoms with Gasteiger partial charge in [-0.15, -0.1) is 11.8 Å². The largest absolute Gasteiger partial charge is 0.480 e. The Kier molecular flexibility index (Phi) is 2.28. The van der Waals surface area contributed by atoms with Crippen molar-refractivity contribution in [3.05, 3.63) is 24.2 Å². The van der Waals surface area contributed by atoms with Gasteiger partial charge in [0, 0.05) is 5.75 Å². The molecule has 1 aliphatic heterocycles. The summed E-state index contributed by atoms with van der Waals surface area (Å²) < 4.78 is 5.17. The summed E-state index contributed by atoms with van der Waals surface area (Å²) in [7, 11) is 0. The number of carbonyl (C=O) groups is 1. The second kappa shape index (κ2) is 3.43. The van der Waals surface area contributed by atoms with E-state index >= 15 is 0 Å². The molecular weight excluding hydrogens is 190 g/mol. The third kappa shape index (κ3) is 1.71. The Morgan fingerprint density at radius 3 is 3.15 bits per heavy atom. The van der Waals surface area contributed by atoms with Crippen molar-refractivity contribution in [2.24, 2.45) is 0 Å². The van der Waals surface area contributed by atoms with Gasteiger partial charge < -0.3 is 9.52 Å². The van der Waals surface area contributed by atoms with Gasteiger partial charge in [-0.05, 0) is 12.1 Å². The number of carboxylic acid groups (broad SMARTS) is 1. The highest BCUT2D eigenvalue weighted by atomic mass is 32.2. The molecule has 1 aromatic rings. The Hall–Kier alpha value is -0.940. The first-order chi connectivity index (χ1) is 6.27. The van der Waals surface area contributed by atoms with Crippen LogP contribution < -0.4 is 5.32 Å². The molecule has 1 unspecified atom stereocenters. The van der Waals surface area contributed by atoms with Gasteiger partial charge in [-0.1, -0.05) is 0 Å². The van der Waals surface area contributed by atoms with Gasteiger partial charge in [-0.3, -0.25) is 10.1 Å². The predicted molar refractivity (Wildman–Crippen MR) is 48.5 cm³/mol. The molecule has 0 aromatic carbocycles. The standard InChI is InChI=1S/C8H9NO3S/c10-8(11)5-4-13-7(9-5)6-2-1-3-12-6/h1-3,5,7,9H,4H2,(H,10,11)/t5-,7?/m1/s1. The molecule has 4 nitrogen and oxygen atoms in total. The Bertz CT molecular complexity index is 298. The van der Waals surface area contributed by atoms with E-state index in [1.165, 1.54) is 0 Å². The maximum Gasteiger partial charge on any atom is 0.321 e. The molecule has 2 heterocycles. The zero-order valence-corrected chi connectivity index (χ0v) is 7.58. The summed E-state index contributed by atoms with van der Waals surface area (Å²) in [4.78, 5) is 10.6. The topological polar surface area (TPSA) is 62.5 Å². The Labute approximate surface area is 79.3 Å². The lowest BCUT2D eigenvalue weighted by atomic mass is 10.3. The van der Waals surface area contributed by atoms with Crippen molar-refractivity contribution in [3.8, 4) is 0 Å². The molecule has 0 saturated carbocycles. The first-order valence-electron chi connectivity index (χ1n) is 3.91. The van der Waals surface area contributed by atoms with Crippen LogP contribution in [0.15, 0.2) is 22.8 Å². The number of carboxylic acids is 1. The van der Waals surface area contributed by atoms with E-state index in [0.29, 0.717) is 5.75 Å². The highest BCUT2D eigenvalue weighted by Crippen LogP contribution is 2.32. The Balaban J connectivity index is 2.03. The number of rotatable bonds is 2. The fourth-order valence-electron chi connectivity index (χ4n) is 1.22. The van der Waals surface area contributed by atoms with Crippen molar-refractivity contribution < 1.29 is 14.3 Å². The SMILES string of the molecule is O=C(O)[C@H]1CSC(c2ccco2)N1. The van der Waals surface area contributed by atoms with E-state index in [2.05, 4.69) is 5.32 Å². The summed E-state index contributed by atoms with van der Waals surface area (Å²) in [5.41, 5.74) is 0. The lowest BCUT2D eigenvalue weighted by molar-refractivity contribution is -0.138. The van der Waals surface area contributed by atoms with Crippen molar-refractivity contribution in [2.45, 2.75) is 11.4 Å². The van der Waals surface area contributed by atoms with Crippen molar-refractivity contribution >= 4 is 17.7 Å². The molecule has 0 amide bonds. The predicted octanol–water partition coefficient (Wildman–Crippen LogP) is 1.07. The number of hydrogen-bond donors (Lipinski definition) is 2. The Morgan fingerprint density at radius 1 is 1.77 bits per heavy atom. The van der Waals surface area contributed by atoms with Gasteiger partial charge in [0.15, 0.2) is 0 Å². The second-order valence-electron chi connectivity index (χ2n) is 2.79. The van der Waals surface area contributed by atoms with E-state index in [4.69, 9.17) is 9.52 Å². The summed E-state index contributed by atoms with van der Waals surface area (Å²) >= 11 is 1.55. The van der Waals surface area contributed by atoms with Crippen LogP contribution in [-0.2, 0) is 4.79 Å². The quantitative estimate of drug-likeness (QED) is 0.746. The minimum absolute atomic E-state index is 0.0175. The fraction of sp³-hybridized carbons (Fsp3) is 0.375. The van der Waals surface area contributed by atoms with Crippen LogP contribution in [0.3, 0.4) is 0 Å². The Morgan fingerprint density at radius 2 is 2.62 bits per heavy atom. The van der Waals surface area contributed by atoms with Crippen LogP contribution in [0.2, 0.25) is 0 Å². The molecule has 1 fully saturated rings. The van der Waals surface area contributed by atoms with Crippen LogP contribution in [0.5, 0.6) is 0 Å². The number of thioether (sulfide) groups is 1. The molecule has 13 heavy (non-hydrogen) atoms. The van der Waals surface area contributed by atoms with Crippen LogP contribution in [-0.4, -0.2) is 22.9 Å². The summed E-state index contributed by atoms with van der Waals surface area (Å²) in [6.45, 7) is 0. The molecule has 1 aromatic heterocycles. The number of hydrogen-bond acceptors (Lipinski definition) is 4. The van der Waals surface area contributed by atoms with Crippen molar-refractivity contribution in [1.82, 2.24) is 5.32 Å². The second-order valence-corrected chi connectivity index (χ2v) is 3.92. The molecule has 2 rings (SSSR count). The summed E-state index contributed by atoms with van der Waals surface area (Å²) in [6.07, 6.45) is 1.59. The average Bonchev–Trinajstić information content (AvgIpc) is 2.75. The minimum Gasteiger partial charge on any atom is -0.480 e. The van der Waals surface area contributed by atoms with E-state index in [1.54, 1.807) is 24.1 Å². The highest BCUT2D eigenvalue weighted by Gasteiger charge is 2.31. The minimum atomic E-state index is -0.804. The van der Waals surface area contributed by atoms with Crippen LogP contribution in [0, 0.1) is 0 Å². The maximum absolute atomic E-state index is 10.6. The molecule has 0 spiro atoms. The summed E-state index contributed by atoms with van der Waals surface area (Å²) in [5.74, 6) is 0.566. The summed E-state index contributed by atoms with van der Waals surface area (Å²) in [6, 6.07) is 3.18. The van der Waals surface area contributed by atoms with E-state index in [0.717, 1.165) is 5.76 Å². The average molecular weight is 199 g/mol. The van der Waals surface area contributed by atoms with E-state index in [1.807, 2.05) is 6.07 Å².